The highest BCUT2D eigenvalue weighted by Crippen LogP contribution is 1.98. The predicted molar refractivity (Wildman–Crippen MR) is 57.8 cm³/mol. The molecular weight excluding hydrogens is 212 g/mol. The van der Waals surface area contributed by atoms with Crippen LogP contribution >= 0.6 is 0 Å². The number of rotatable bonds is 6. The Bertz CT molecular complexity index is 276. The van der Waals surface area contributed by atoms with Crippen LogP contribution in [0.2, 0.25) is 0 Å². The van der Waals surface area contributed by atoms with Crippen molar-refractivity contribution >= 4 is 17.8 Å². The van der Waals surface area contributed by atoms with E-state index in [9.17, 15) is 14.4 Å². The van der Waals surface area contributed by atoms with Crippen LogP contribution in [0.25, 0.3) is 0 Å². The third-order valence-corrected chi connectivity index (χ3v) is 1.79. The highest BCUT2D eigenvalue weighted by Gasteiger charge is 2.19. The SMILES string of the molecule is CC(=O)NC(CCC(=O)NC(C)C)C(=O)O. The molecule has 0 bridgehead atoms. The molecule has 0 fully saturated rings. The van der Waals surface area contributed by atoms with Crippen LogP contribution in [0.3, 0.4) is 0 Å². The zero-order valence-electron chi connectivity index (χ0n) is 9.74. The second kappa shape index (κ2) is 6.81. The molecule has 0 radical (unpaired) electrons. The van der Waals surface area contributed by atoms with E-state index in [0.717, 1.165) is 0 Å². The zero-order valence-corrected chi connectivity index (χ0v) is 9.74. The van der Waals surface area contributed by atoms with Gasteiger partial charge in [-0.3, -0.25) is 9.59 Å². The van der Waals surface area contributed by atoms with Gasteiger partial charge in [-0.05, 0) is 20.3 Å². The van der Waals surface area contributed by atoms with Crippen LogP contribution in [-0.2, 0) is 14.4 Å². The quantitative estimate of drug-likeness (QED) is 0.592. The molecule has 0 heterocycles. The van der Waals surface area contributed by atoms with Crippen molar-refractivity contribution in [3.63, 3.8) is 0 Å². The summed E-state index contributed by atoms with van der Waals surface area (Å²) in [4.78, 5) is 32.7. The summed E-state index contributed by atoms with van der Waals surface area (Å²) in [6.45, 7) is 4.88. The average molecular weight is 230 g/mol. The first-order valence-electron chi connectivity index (χ1n) is 5.12. The summed E-state index contributed by atoms with van der Waals surface area (Å²) in [5, 5.41) is 13.7. The van der Waals surface area contributed by atoms with Gasteiger partial charge in [0.1, 0.15) is 6.04 Å². The van der Waals surface area contributed by atoms with Gasteiger partial charge >= 0.3 is 5.97 Å². The molecule has 0 saturated heterocycles. The van der Waals surface area contributed by atoms with Crippen LogP contribution in [-0.4, -0.2) is 35.0 Å². The largest absolute Gasteiger partial charge is 0.480 e. The highest BCUT2D eigenvalue weighted by molar-refractivity contribution is 5.83. The van der Waals surface area contributed by atoms with Crippen molar-refractivity contribution < 1.29 is 19.5 Å². The highest BCUT2D eigenvalue weighted by atomic mass is 16.4. The van der Waals surface area contributed by atoms with Crippen LogP contribution in [0.15, 0.2) is 0 Å². The van der Waals surface area contributed by atoms with Gasteiger partial charge in [0.05, 0.1) is 0 Å². The maximum absolute atomic E-state index is 11.2. The van der Waals surface area contributed by atoms with Crippen molar-refractivity contribution in [1.29, 1.82) is 0 Å². The zero-order chi connectivity index (χ0) is 12.7. The van der Waals surface area contributed by atoms with Crippen LogP contribution in [0.4, 0.5) is 0 Å². The first-order chi connectivity index (χ1) is 7.32. The fourth-order valence-electron chi connectivity index (χ4n) is 1.17. The van der Waals surface area contributed by atoms with Crippen molar-refractivity contribution in [3.05, 3.63) is 0 Å². The molecule has 0 aliphatic carbocycles. The molecule has 0 aromatic carbocycles. The lowest BCUT2D eigenvalue weighted by atomic mass is 10.1. The lowest BCUT2D eigenvalue weighted by molar-refractivity contribution is -0.141. The number of amides is 2. The molecule has 0 rings (SSSR count). The Morgan fingerprint density at radius 2 is 1.75 bits per heavy atom. The van der Waals surface area contributed by atoms with Gasteiger partial charge in [0, 0.05) is 19.4 Å². The topological polar surface area (TPSA) is 95.5 Å². The third-order valence-electron chi connectivity index (χ3n) is 1.79. The van der Waals surface area contributed by atoms with Crippen LogP contribution in [0.5, 0.6) is 0 Å². The minimum Gasteiger partial charge on any atom is -0.480 e. The Morgan fingerprint density at radius 1 is 1.19 bits per heavy atom. The maximum Gasteiger partial charge on any atom is 0.326 e. The molecule has 1 atom stereocenters. The monoisotopic (exact) mass is 230 g/mol. The summed E-state index contributed by atoms with van der Waals surface area (Å²) in [5.41, 5.74) is 0. The maximum atomic E-state index is 11.2. The summed E-state index contributed by atoms with van der Waals surface area (Å²) in [6.07, 6.45) is 0.170. The van der Waals surface area contributed by atoms with E-state index in [-0.39, 0.29) is 24.8 Å². The molecule has 0 aliphatic heterocycles. The molecule has 16 heavy (non-hydrogen) atoms. The summed E-state index contributed by atoms with van der Waals surface area (Å²) >= 11 is 0. The van der Waals surface area contributed by atoms with Crippen LogP contribution < -0.4 is 10.6 Å². The standard InChI is InChI=1S/C10H18N2O4/c1-6(2)11-9(14)5-4-8(10(15)16)12-7(3)13/h6,8H,4-5H2,1-3H3,(H,11,14)(H,12,13)(H,15,16). The number of carbonyl (C=O) groups excluding carboxylic acids is 2. The van der Waals surface area contributed by atoms with Gasteiger partial charge in [0.25, 0.3) is 0 Å². The van der Waals surface area contributed by atoms with E-state index >= 15 is 0 Å². The van der Waals surface area contributed by atoms with Gasteiger partial charge in [-0.2, -0.15) is 0 Å². The molecule has 6 nitrogen and oxygen atoms in total. The van der Waals surface area contributed by atoms with Crippen LogP contribution in [0.1, 0.15) is 33.6 Å². The number of aliphatic carboxylic acids is 1. The summed E-state index contributed by atoms with van der Waals surface area (Å²) in [7, 11) is 0. The van der Waals surface area contributed by atoms with E-state index in [1.165, 1.54) is 6.92 Å². The number of carboxylic acids is 1. The lowest BCUT2D eigenvalue weighted by Crippen LogP contribution is -2.41. The Hall–Kier alpha value is -1.59. The Morgan fingerprint density at radius 3 is 2.12 bits per heavy atom. The first kappa shape index (κ1) is 14.4. The van der Waals surface area contributed by atoms with E-state index in [0.29, 0.717) is 0 Å². The van der Waals surface area contributed by atoms with Gasteiger partial charge in [-0.1, -0.05) is 0 Å². The smallest absolute Gasteiger partial charge is 0.326 e. The van der Waals surface area contributed by atoms with E-state index < -0.39 is 17.9 Å². The third kappa shape index (κ3) is 6.80. The molecule has 0 aromatic heterocycles. The summed E-state index contributed by atoms with van der Waals surface area (Å²) in [5.74, 6) is -1.77. The van der Waals surface area contributed by atoms with Crippen molar-refractivity contribution in [2.45, 2.75) is 45.7 Å². The van der Waals surface area contributed by atoms with Crippen molar-refractivity contribution in [3.8, 4) is 0 Å². The molecule has 1 unspecified atom stereocenters. The molecule has 0 spiro atoms. The molecule has 6 heteroatoms. The minimum absolute atomic E-state index is 0.0246. The molecule has 92 valence electrons. The normalized spacial score (nSPS) is 12.0. The Balaban J connectivity index is 4.07. The fourth-order valence-corrected chi connectivity index (χ4v) is 1.17. The molecule has 3 N–H and O–H groups in total. The molecule has 0 saturated carbocycles. The molecule has 0 aromatic rings. The predicted octanol–water partition coefficient (Wildman–Crippen LogP) is -0.119. The van der Waals surface area contributed by atoms with Gasteiger partial charge in [-0.15, -0.1) is 0 Å². The second-order valence-corrected chi connectivity index (χ2v) is 3.85. The summed E-state index contributed by atoms with van der Waals surface area (Å²) in [6, 6.07) is -0.980. The van der Waals surface area contributed by atoms with Crippen molar-refractivity contribution in [1.82, 2.24) is 10.6 Å². The fraction of sp³-hybridized carbons (Fsp3) is 0.700. The number of carboxylic acid groups (broad SMARTS) is 1. The Labute approximate surface area is 94.4 Å². The van der Waals surface area contributed by atoms with E-state index in [1.54, 1.807) is 0 Å². The number of nitrogens with one attached hydrogen (secondary N) is 2. The van der Waals surface area contributed by atoms with Crippen molar-refractivity contribution in [2.75, 3.05) is 0 Å². The first-order valence-corrected chi connectivity index (χ1v) is 5.12. The van der Waals surface area contributed by atoms with E-state index in [1.807, 2.05) is 13.8 Å². The second-order valence-electron chi connectivity index (χ2n) is 3.85. The van der Waals surface area contributed by atoms with Crippen LogP contribution in [0, 0.1) is 0 Å². The molecule has 2 amide bonds. The van der Waals surface area contributed by atoms with Crippen molar-refractivity contribution in [2.24, 2.45) is 0 Å². The molecular formula is C10H18N2O4. The number of carbonyl (C=O) groups is 3. The van der Waals surface area contributed by atoms with Gasteiger partial charge in [-0.25, -0.2) is 4.79 Å². The average Bonchev–Trinajstić information content (AvgIpc) is 2.09. The molecule has 0 aliphatic rings. The van der Waals surface area contributed by atoms with Gasteiger partial charge < -0.3 is 15.7 Å². The Kier molecular flexibility index (Phi) is 6.14. The van der Waals surface area contributed by atoms with Gasteiger partial charge in [0.15, 0.2) is 0 Å². The number of hydrogen-bond donors (Lipinski definition) is 3. The van der Waals surface area contributed by atoms with E-state index in [4.69, 9.17) is 5.11 Å². The lowest BCUT2D eigenvalue weighted by Gasteiger charge is -2.13. The van der Waals surface area contributed by atoms with Gasteiger partial charge in [0.2, 0.25) is 11.8 Å². The number of hydrogen-bond acceptors (Lipinski definition) is 3. The summed E-state index contributed by atoms with van der Waals surface area (Å²) < 4.78 is 0. The minimum atomic E-state index is -1.13. The van der Waals surface area contributed by atoms with E-state index in [2.05, 4.69) is 10.6 Å².